The lowest BCUT2D eigenvalue weighted by Crippen LogP contribution is -2.48. The molecule has 0 saturated heterocycles. The molecule has 0 heterocycles. The largest absolute Gasteiger partial charge is 0.460 e. The Bertz CT molecular complexity index is 2290. The smallest absolute Gasteiger partial charge is 0.407 e. The van der Waals surface area contributed by atoms with Gasteiger partial charge in [0.2, 0.25) is 17.7 Å². The van der Waals surface area contributed by atoms with Crippen LogP contribution in [-0.2, 0) is 33.4 Å². The number of ether oxygens (including phenoxy) is 3. The summed E-state index contributed by atoms with van der Waals surface area (Å²) in [4.78, 5) is 78.0. The molecule has 2 atom stereocenters. The molecule has 6 rings (SSSR count). The fourth-order valence-electron chi connectivity index (χ4n) is 8.75. The molecule has 68 heavy (non-hydrogen) atoms. The van der Waals surface area contributed by atoms with Crippen molar-refractivity contribution in [2.45, 2.75) is 102 Å². The van der Waals surface area contributed by atoms with Crippen molar-refractivity contribution in [1.29, 1.82) is 0 Å². The number of nitrogens with one attached hydrogen (secondary N) is 6. The Kier molecular flexibility index (Phi) is 18.5. The molecule has 2 aliphatic rings. The number of carbonyl (C=O) groups excluding carboxylic acids is 6. The molecule has 2 aliphatic carbocycles. The van der Waals surface area contributed by atoms with Gasteiger partial charge in [0.1, 0.15) is 30.9 Å². The fourth-order valence-corrected chi connectivity index (χ4v) is 8.75. The Morgan fingerprint density at radius 3 is 1.41 bits per heavy atom. The van der Waals surface area contributed by atoms with Gasteiger partial charge in [-0.05, 0) is 111 Å². The van der Waals surface area contributed by atoms with Crippen molar-refractivity contribution >= 4 is 35.9 Å². The predicted octanol–water partition coefficient (Wildman–Crippen LogP) is 6.83. The number of hydrogen-bond donors (Lipinski definition) is 6. The summed E-state index contributed by atoms with van der Waals surface area (Å²) in [6.45, 7) is 6.97. The maximum atomic E-state index is 13.7. The summed E-state index contributed by atoms with van der Waals surface area (Å²) in [5.41, 5.74) is 8.19. The molecule has 1 unspecified atom stereocenters. The van der Waals surface area contributed by atoms with E-state index in [-0.39, 0.29) is 63.2 Å². The lowest BCUT2D eigenvalue weighted by atomic mass is 9.98. The number of carbonyl (C=O) groups is 6. The van der Waals surface area contributed by atoms with E-state index >= 15 is 0 Å². The molecular weight excluding hydrogens is 865 g/mol. The summed E-state index contributed by atoms with van der Waals surface area (Å²) in [5, 5.41) is 17.1. The van der Waals surface area contributed by atoms with Gasteiger partial charge in [-0.3, -0.25) is 19.2 Å². The molecule has 362 valence electrons. The van der Waals surface area contributed by atoms with Gasteiger partial charge in [0.05, 0.1) is 6.42 Å². The van der Waals surface area contributed by atoms with Gasteiger partial charge in [-0.15, -0.1) is 0 Å². The molecule has 0 radical (unpaired) electrons. The number of esters is 1. The van der Waals surface area contributed by atoms with E-state index in [9.17, 15) is 28.8 Å². The van der Waals surface area contributed by atoms with Crippen LogP contribution in [0.3, 0.4) is 0 Å². The van der Waals surface area contributed by atoms with E-state index in [0.717, 1.165) is 44.5 Å². The third-order valence-electron chi connectivity index (χ3n) is 12.0. The number of amides is 5. The first-order chi connectivity index (χ1) is 32.8. The minimum atomic E-state index is -0.935. The summed E-state index contributed by atoms with van der Waals surface area (Å²) < 4.78 is 16.8. The van der Waals surface area contributed by atoms with Crippen LogP contribution in [0.25, 0.3) is 22.3 Å². The molecular formula is C53H66N6O9. The van der Waals surface area contributed by atoms with Crippen LogP contribution in [-0.4, -0.2) is 100 Å². The Morgan fingerprint density at radius 2 is 0.941 bits per heavy atom. The second-order valence-electron chi connectivity index (χ2n) is 18.2. The molecule has 0 aromatic heterocycles. The Balaban J connectivity index is 0.993. The van der Waals surface area contributed by atoms with Crippen molar-refractivity contribution in [2.24, 2.45) is 0 Å². The van der Waals surface area contributed by atoms with Crippen LogP contribution >= 0.6 is 0 Å². The highest BCUT2D eigenvalue weighted by Gasteiger charge is 2.31. The summed E-state index contributed by atoms with van der Waals surface area (Å²) in [7, 11) is 1.77. The quantitative estimate of drug-likeness (QED) is 0.0246. The summed E-state index contributed by atoms with van der Waals surface area (Å²) in [5.74, 6) is -1.93. The first-order valence-corrected chi connectivity index (χ1v) is 23.7. The van der Waals surface area contributed by atoms with Crippen LogP contribution in [0.2, 0.25) is 0 Å². The molecule has 0 saturated carbocycles. The van der Waals surface area contributed by atoms with E-state index in [0.29, 0.717) is 45.3 Å². The van der Waals surface area contributed by atoms with Gasteiger partial charge in [-0.25, -0.2) is 9.59 Å². The highest BCUT2D eigenvalue weighted by atomic mass is 16.6. The fraction of sp³-hybridized carbons (Fsp3) is 0.434. The average molecular weight is 931 g/mol. The maximum Gasteiger partial charge on any atom is 0.407 e. The van der Waals surface area contributed by atoms with E-state index < -0.39 is 47.7 Å². The average Bonchev–Trinajstić information content (AvgIpc) is 3.82. The SMILES string of the molecule is CNCCNC(=O)[C@H](CCCCNC(=O)C(CCCCNC(=O)OCC1c2ccccc2-c2ccccc21)NC(=O)OCC1c2ccccc2-c2ccccc21)NC(=O)CCC(=O)OC(C)(C)C. The second-order valence-corrected chi connectivity index (χ2v) is 18.2. The molecule has 5 amide bonds. The van der Waals surface area contributed by atoms with Crippen molar-refractivity contribution in [2.75, 3.05) is 46.4 Å². The zero-order valence-corrected chi connectivity index (χ0v) is 39.6. The van der Waals surface area contributed by atoms with E-state index in [4.69, 9.17) is 14.2 Å². The Hall–Kier alpha value is -6.74. The van der Waals surface area contributed by atoms with Crippen LogP contribution in [0.15, 0.2) is 97.1 Å². The van der Waals surface area contributed by atoms with Crippen LogP contribution in [0.4, 0.5) is 9.59 Å². The molecule has 15 heteroatoms. The number of benzene rings is 4. The number of rotatable bonds is 24. The standard InChI is InChI=1S/C53H66N6O9/c1-53(2,3)68-48(61)28-27-47(60)58-45(49(62)56-32-31-54-4)25-13-15-29-55-50(63)46(59-52(65)67-34-44-41-23-11-7-19-37(41)38-20-8-12-24-42(38)44)26-14-16-30-57-51(64)66-33-43-39-21-9-5-17-35(39)36-18-6-10-22-40(36)43/h5-12,17-24,43-46,54H,13-16,25-34H2,1-4H3,(H,55,63)(H,56,62)(H,57,64)(H,58,60)(H,59,65)/t45-,46?/m0/s1. The highest BCUT2D eigenvalue weighted by Crippen LogP contribution is 2.45. The predicted molar refractivity (Wildman–Crippen MR) is 260 cm³/mol. The molecule has 0 bridgehead atoms. The number of alkyl carbamates (subject to hydrolysis) is 2. The molecule has 15 nitrogen and oxygen atoms in total. The number of hydrogen-bond acceptors (Lipinski definition) is 10. The normalized spacial score (nSPS) is 13.4. The van der Waals surface area contributed by atoms with Gasteiger partial charge < -0.3 is 46.1 Å². The summed E-state index contributed by atoms with van der Waals surface area (Å²) >= 11 is 0. The minimum Gasteiger partial charge on any atom is -0.460 e. The lowest BCUT2D eigenvalue weighted by molar-refractivity contribution is -0.155. The van der Waals surface area contributed by atoms with E-state index in [2.05, 4.69) is 68.3 Å². The van der Waals surface area contributed by atoms with Gasteiger partial charge in [0.25, 0.3) is 0 Å². The number of likely N-dealkylation sites (N-methyl/N-ethyl adjacent to an activating group) is 1. The van der Waals surface area contributed by atoms with Gasteiger partial charge in [0, 0.05) is 44.4 Å². The van der Waals surface area contributed by atoms with Crippen LogP contribution < -0.4 is 31.9 Å². The number of unbranched alkanes of at least 4 members (excludes halogenated alkanes) is 2. The highest BCUT2D eigenvalue weighted by molar-refractivity contribution is 5.89. The zero-order valence-electron chi connectivity index (χ0n) is 39.6. The maximum absolute atomic E-state index is 13.7. The first kappa shape index (κ1) is 50.7. The lowest BCUT2D eigenvalue weighted by Gasteiger charge is -2.21. The van der Waals surface area contributed by atoms with Crippen LogP contribution in [0.1, 0.15) is 106 Å². The molecule has 6 N–H and O–H groups in total. The monoisotopic (exact) mass is 930 g/mol. The van der Waals surface area contributed by atoms with Gasteiger partial charge in [-0.2, -0.15) is 0 Å². The molecule has 4 aromatic carbocycles. The van der Waals surface area contributed by atoms with E-state index in [1.54, 1.807) is 27.8 Å². The third-order valence-corrected chi connectivity index (χ3v) is 12.0. The third kappa shape index (κ3) is 14.4. The van der Waals surface area contributed by atoms with Crippen LogP contribution in [0, 0.1) is 0 Å². The van der Waals surface area contributed by atoms with Crippen molar-refractivity contribution in [1.82, 2.24) is 31.9 Å². The number of fused-ring (bicyclic) bond motifs is 6. The molecule has 0 spiro atoms. The first-order valence-electron chi connectivity index (χ1n) is 23.7. The van der Waals surface area contributed by atoms with Gasteiger partial charge >= 0.3 is 18.2 Å². The Morgan fingerprint density at radius 1 is 0.515 bits per heavy atom. The summed E-state index contributed by atoms with van der Waals surface area (Å²) in [6, 6.07) is 30.6. The molecule has 0 aliphatic heterocycles. The van der Waals surface area contributed by atoms with Gasteiger partial charge in [-0.1, -0.05) is 97.1 Å². The van der Waals surface area contributed by atoms with Gasteiger partial charge in [0.15, 0.2) is 0 Å². The van der Waals surface area contributed by atoms with Crippen molar-refractivity contribution in [3.8, 4) is 22.3 Å². The zero-order chi connectivity index (χ0) is 48.5. The molecule has 4 aromatic rings. The van der Waals surface area contributed by atoms with Crippen molar-refractivity contribution < 1.29 is 43.0 Å². The van der Waals surface area contributed by atoms with E-state index in [1.165, 1.54) is 0 Å². The Labute approximate surface area is 399 Å². The summed E-state index contributed by atoms with van der Waals surface area (Å²) in [6.07, 6.45) is 1.01. The van der Waals surface area contributed by atoms with Crippen molar-refractivity contribution in [3.63, 3.8) is 0 Å². The minimum absolute atomic E-state index is 0.0613. The topological polar surface area (TPSA) is 202 Å². The van der Waals surface area contributed by atoms with Crippen molar-refractivity contribution in [3.05, 3.63) is 119 Å². The van der Waals surface area contributed by atoms with Crippen LogP contribution in [0.5, 0.6) is 0 Å². The molecule has 0 fully saturated rings. The van der Waals surface area contributed by atoms with E-state index in [1.807, 2.05) is 60.7 Å². The second kappa shape index (κ2) is 24.9.